The van der Waals surface area contributed by atoms with Crippen molar-refractivity contribution in [1.82, 2.24) is 15.1 Å². The molecule has 0 atom stereocenters. The second-order valence-corrected chi connectivity index (χ2v) is 6.16. The molecule has 1 heterocycles. The number of anilines is 1. The summed E-state index contributed by atoms with van der Waals surface area (Å²) in [5, 5.41) is 10.1. The maximum atomic E-state index is 12.0. The van der Waals surface area contributed by atoms with Crippen molar-refractivity contribution in [2.45, 2.75) is 39.5 Å². The number of hydrogen-bond acceptors (Lipinski definition) is 4. The van der Waals surface area contributed by atoms with Crippen LogP contribution in [0.4, 0.5) is 10.5 Å². The summed E-state index contributed by atoms with van der Waals surface area (Å²) in [6, 6.07) is 9.31. The number of methoxy groups -OCH3 is 1. The zero-order valence-electron chi connectivity index (χ0n) is 15.5. The first-order valence-corrected chi connectivity index (χ1v) is 8.75. The van der Waals surface area contributed by atoms with Crippen molar-refractivity contribution in [3.05, 3.63) is 41.7 Å². The summed E-state index contributed by atoms with van der Waals surface area (Å²) in [7, 11) is 1.39. The third kappa shape index (κ3) is 5.91. The monoisotopic (exact) mass is 358 g/mol. The first kappa shape index (κ1) is 19.5. The fourth-order valence-corrected chi connectivity index (χ4v) is 2.66. The van der Waals surface area contributed by atoms with E-state index in [1.165, 1.54) is 7.11 Å². The number of rotatable bonds is 8. The summed E-state index contributed by atoms with van der Waals surface area (Å²) in [5.74, 6) is -0.196. The van der Waals surface area contributed by atoms with E-state index < -0.39 is 0 Å². The van der Waals surface area contributed by atoms with E-state index in [2.05, 4.69) is 20.5 Å². The molecule has 0 unspecified atom stereocenters. The fourth-order valence-electron chi connectivity index (χ4n) is 2.66. The van der Waals surface area contributed by atoms with Gasteiger partial charge in [-0.3, -0.25) is 4.79 Å². The van der Waals surface area contributed by atoms with Gasteiger partial charge in [-0.05, 0) is 51.0 Å². The minimum absolute atomic E-state index is 0.196. The molecule has 0 bridgehead atoms. The first-order valence-electron chi connectivity index (χ1n) is 8.75. The predicted molar refractivity (Wildman–Crippen MR) is 101 cm³/mol. The molecule has 0 aliphatic heterocycles. The van der Waals surface area contributed by atoms with E-state index >= 15 is 0 Å². The number of esters is 1. The maximum absolute atomic E-state index is 12.0. The van der Waals surface area contributed by atoms with Crippen molar-refractivity contribution in [3.63, 3.8) is 0 Å². The Morgan fingerprint density at radius 1 is 1.15 bits per heavy atom. The van der Waals surface area contributed by atoms with Crippen LogP contribution in [0.25, 0.3) is 5.69 Å². The van der Waals surface area contributed by atoms with Crippen LogP contribution >= 0.6 is 0 Å². The number of unbranched alkanes of at least 4 members (excludes halogenated alkanes) is 2. The zero-order chi connectivity index (χ0) is 18.9. The fraction of sp³-hybridized carbons (Fsp3) is 0.421. The molecule has 2 N–H and O–H groups in total. The molecule has 0 fully saturated rings. The standard InChI is InChI=1S/C19H26N4O3/c1-14-12-15(2)23(22-14)17-9-7-8-16(13-17)21-19(25)20-11-6-4-5-10-18(24)26-3/h7-9,12-13H,4-6,10-11H2,1-3H3,(H2,20,21,25). The molecule has 26 heavy (non-hydrogen) atoms. The molecule has 140 valence electrons. The van der Waals surface area contributed by atoms with Gasteiger partial charge < -0.3 is 15.4 Å². The third-order valence-electron chi connectivity index (χ3n) is 3.93. The lowest BCUT2D eigenvalue weighted by Gasteiger charge is -2.10. The number of aryl methyl sites for hydroxylation is 2. The van der Waals surface area contributed by atoms with Crippen LogP contribution in [0.1, 0.15) is 37.1 Å². The third-order valence-corrected chi connectivity index (χ3v) is 3.93. The zero-order valence-corrected chi connectivity index (χ0v) is 15.5. The predicted octanol–water partition coefficient (Wildman–Crippen LogP) is 3.34. The summed E-state index contributed by atoms with van der Waals surface area (Å²) >= 11 is 0. The number of hydrogen-bond donors (Lipinski definition) is 2. The van der Waals surface area contributed by atoms with E-state index in [4.69, 9.17) is 0 Å². The Morgan fingerprint density at radius 3 is 2.65 bits per heavy atom. The van der Waals surface area contributed by atoms with Gasteiger partial charge in [0.15, 0.2) is 0 Å². The summed E-state index contributed by atoms with van der Waals surface area (Å²) in [5.41, 5.74) is 3.59. The topological polar surface area (TPSA) is 85.2 Å². The summed E-state index contributed by atoms with van der Waals surface area (Å²) in [6.07, 6.45) is 2.86. The highest BCUT2D eigenvalue weighted by atomic mass is 16.5. The van der Waals surface area contributed by atoms with Crippen LogP contribution in [-0.2, 0) is 9.53 Å². The van der Waals surface area contributed by atoms with E-state index in [9.17, 15) is 9.59 Å². The normalized spacial score (nSPS) is 10.4. The lowest BCUT2D eigenvalue weighted by Crippen LogP contribution is -2.29. The molecule has 0 spiro atoms. The molecule has 2 aromatic rings. The van der Waals surface area contributed by atoms with Crippen LogP contribution in [0.3, 0.4) is 0 Å². The molecule has 0 saturated carbocycles. The van der Waals surface area contributed by atoms with Crippen molar-refractivity contribution in [1.29, 1.82) is 0 Å². The molecule has 0 aliphatic carbocycles. The van der Waals surface area contributed by atoms with Gasteiger partial charge in [0.05, 0.1) is 18.5 Å². The van der Waals surface area contributed by atoms with Crippen LogP contribution in [0.5, 0.6) is 0 Å². The van der Waals surface area contributed by atoms with Crippen LogP contribution in [0.15, 0.2) is 30.3 Å². The van der Waals surface area contributed by atoms with Crippen molar-refractivity contribution in [2.75, 3.05) is 19.0 Å². The van der Waals surface area contributed by atoms with Gasteiger partial charge in [-0.25, -0.2) is 9.48 Å². The average Bonchev–Trinajstić information content (AvgIpc) is 2.96. The number of aromatic nitrogens is 2. The lowest BCUT2D eigenvalue weighted by atomic mass is 10.2. The molecule has 2 amide bonds. The molecule has 0 saturated heterocycles. The van der Waals surface area contributed by atoms with Gasteiger partial charge >= 0.3 is 12.0 Å². The number of ether oxygens (including phenoxy) is 1. The van der Waals surface area contributed by atoms with Gasteiger partial charge in [0.25, 0.3) is 0 Å². The molecule has 0 radical (unpaired) electrons. The largest absolute Gasteiger partial charge is 0.469 e. The summed E-state index contributed by atoms with van der Waals surface area (Å²) in [4.78, 5) is 23.0. The summed E-state index contributed by atoms with van der Waals surface area (Å²) in [6.45, 7) is 4.50. The van der Waals surface area contributed by atoms with Crippen molar-refractivity contribution in [3.8, 4) is 5.69 Å². The van der Waals surface area contributed by atoms with Gasteiger partial charge in [-0.2, -0.15) is 5.10 Å². The second kappa shape index (κ2) is 9.60. The number of nitrogens with zero attached hydrogens (tertiary/aromatic N) is 2. The van der Waals surface area contributed by atoms with Gasteiger partial charge in [0, 0.05) is 24.3 Å². The molecule has 1 aromatic heterocycles. The molecule has 7 heteroatoms. The number of nitrogens with one attached hydrogen (secondary N) is 2. The van der Waals surface area contributed by atoms with Crippen molar-refractivity contribution < 1.29 is 14.3 Å². The second-order valence-electron chi connectivity index (χ2n) is 6.16. The Hall–Kier alpha value is -2.83. The molecule has 7 nitrogen and oxygen atoms in total. The van der Waals surface area contributed by atoms with E-state index in [1.807, 2.05) is 48.9 Å². The average molecular weight is 358 g/mol. The van der Waals surface area contributed by atoms with Gasteiger partial charge in [-0.15, -0.1) is 0 Å². The first-order chi connectivity index (χ1) is 12.5. The Bertz CT molecular complexity index is 755. The van der Waals surface area contributed by atoms with Crippen LogP contribution in [0, 0.1) is 13.8 Å². The SMILES string of the molecule is COC(=O)CCCCCNC(=O)Nc1cccc(-n2nc(C)cc2C)c1. The van der Waals surface area contributed by atoms with Crippen LogP contribution < -0.4 is 10.6 Å². The molecule has 0 aliphatic rings. The Morgan fingerprint density at radius 2 is 1.96 bits per heavy atom. The van der Waals surface area contributed by atoms with Gasteiger partial charge in [-0.1, -0.05) is 12.5 Å². The number of carbonyl (C=O) groups excluding carboxylic acids is 2. The minimum atomic E-state index is -0.247. The molecule has 2 rings (SSSR count). The highest BCUT2D eigenvalue weighted by Crippen LogP contribution is 2.16. The Labute approximate surface area is 153 Å². The smallest absolute Gasteiger partial charge is 0.319 e. The minimum Gasteiger partial charge on any atom is -0.469 e. The summed E-state index contributed by atoms with van der Waals surface area (Å²) < 4.78 is 6.43. The molecular weight excluding hydrogens is 332 g/mol. The number of benzene rings is 1. The van der Waals surface area contributed by atoms with Gasteiger partial charge in [0.2, 0.25) is 0 Å². The van der Waals surface area contributed by atoms with Crippen LogP contribution in [0.2, 0.25) is 0 Å². The molecule has 1 aromatic carbocycles. The Kier molecular flexibility index (Phi) is 7.20. The highest BCUT2D eigenvalue weighted by Gasteiger charge is 2.06. The number of carbonyl (C=O) groups is 2. The quantitative estimate of drug-likeness (QED) is 0.560. The van der Waals surface area contributed by atoms with E-state index in [0.717, 1.165) is 36.3 Å². The van der Waals surface area contributed by atoms with Gasteiger partial charge in [0.1, 0.15) is 0 Å². The Balaban J connectivity index is 1.78. The van der Waals surface area contributed by atoms with E-state index in [0.29, 0.717) is 18.7 Å². The van der Waals surface area contributed by atoms with Crippen LogP contribution in [-0.4, -0.2) is 35.4 Å². The molecular formula is C19H26N4O3. The van der Waals surface area contributed by atoms with E-state index in [1.54, 1.807) is 0 Å². The number of amides is 2. The van der Waals surface area contributed by atoms with Crippen molar-refractivity contribution >= 4 is 17.7 Å². The highest BCUT2D eigenvalue weighted by molar-refractivity contribution is 5.89. The lowest BCUT2D eigenvalue weighted by molar-refractivity contribution is -0.140. The maximum Gasteiger partial charge on any atom is 0.319 e. The van der Waals surface area contributed by atoms with Crippen molar-refractivity contribution in [2.24, 2.45) is 0 Å². The van der Waals surface area contributed by atoms with E-state index in [-0.39, 0.29) is 12.0 Å². The number of urea groups is 1.